The van der Waals surface area contributed by atoms with Crippen molar-refractivity contribution < 1.29 is 76.9 Å². The van der Waals surface area contributed by atoms with E-state index in [1.165, 1.54) is 13.8 Å². The molecule has 38 heavy (non-hydrogen) atoms. The number of carbonyl (C=O) groups excluding carboxylic acids is 6. The maximum atomic E-state index is 11.5. The molecule has 0 spiro atoms. The van der Waals surface area contributed by atoms with Crippen molar-refractivity contribution in [2.75, 3.05) is 52.9 Å². The van der Waals surface area contributed by atoms with Gasteiger partial charge in [-0.3, -0.25) is 19.2 Å². The van der Waals surface area contributed by atoms with Crippen molar-refractivity contribution in [3.8, 4) is 0 Å². The van der Waals surface area contributed by atoms with Gasteiger partial charge >= 0.3 is 36.2 Å². The third kappa shape index (κ3) is 22.8. The molecule has 0 aliphatic rings. The number of hydrogen-bond acceptors (Lipinski definition) is 16. The normalized spacial score (nSPS) is 11.8. The second kappa shape index (κ2) is 21.4. The minimum absolute atomic E-state index is 0.178. The molecule has 16 heteroatoms. The second-order valence-electron chi connectivity index (χ2n) is 7.40. The lowest BCUT2D eigenvalue weighted by molar-refractivity contribution is -0.152. The van der Waals surface area contributed by atoms with E-state index in [4.69, 9.17) is 19.7 Å². The van der Waals surface area contributed by atoms with E-state index in [0.29, 0.717) is 0 Å². The van der Waals surface area contributed by atoms with Crippen LogP contribution < -0.4 is 0 Å². The van der Waals surface area contributed by atoms with Gasteiger partial charge in [-0.2, -0.15) is 0 Å². The Balaban J connectivity index is 3.65. The van der Waals surface area contributed by atoms with Gasteiger partial charge in [0.15, 0.2) is 0 Å². The summed E-state index contributed by atoms with van der Waals surface area (Å²) in [6.07, 6.45) is -4.80. The summed E-state index contributed by atoms with van der Waals surface area (Å²) in [5.41, 5.74) is 0. The molecule has 0 rings (SSSR count). The van der Waals surface area contributed by atoms with Crippen LogP contribution in [-0.2, 0) is 57.1 Å². The van der Waals surface area contributed by atoms with Crippen molar-refractivity contribution in [1.29, 1.82) is 0 Å². The molecule has 0 bridgehead atoms. The molecule has 2 unspecified atom stereocenters. The third-order valence-corrected chi connectivity index (χ3v) is 3.69. The number of aliphatic hydroxyl groups excluding tert-OH is 2. The molecular formula is C22H34O16. The summed E-state index contributed by atoms with van der Waals surface area (Å²) < 4.78 is 37.4. The van der Waals surface area contributed by atoms with E-state index in [1.54, 1.807) is 0 Å². The highest BCUT2D eigenvalue weighted by Gasteiger charge is 2.13. The standard InChI is InChI=1S/C22H34O16/c1-15(23)13-37-19(27)5-3-17(25)31-7-9-33-21(29)35-11-12-36-22(30)34-10-8-32-18(26)4-6-20(28)38-14-16(2)24/h15-16,23-24H,3-14H2,1-2H3. The van der Waals surface area contributed by atoms with Crippen LogP contribution in [0.1, 0.15) is 39.5 Å². The second-order valence-corrected chi connectivity index (χ2v) is 7.40. The zero-order valence-corrected chi connectivity index (χ0v) is 21.2. The first kappa shape index (κ1) is 34.3. The fourth-order valence-electron chi connectivity index (χ4n) is 2.02. The minimum Gasteiger partial charge on any atom is -0.463 e. The lowest BCUT2D eigenvalue weighted by Crippen LogP contribution is -2.19. The predicted molar refractivity (Wildman–Crippen MR) is 120 cm³/mol. The van der Waals surface area contributed by atoms with Crippen LogP contribution in [0.5, 0.6) is 0 Å². The van der Waals surface area contributed by atoms with Gasteiger partial charge in [0.1, 0.15) is 52.9 Å². The average molecular weight is 554 g/mol. The average Bonchev–Trinajstić information content (AvgIpc) is 2.86. The summed E-state index contributed by atoms with van der Waals surface area (Å²) in [6, 6.07) is 0. The van der Waals surface area contributed by atoms with Crippen molar-refractivity contribution in [2.24, 2.45) is 0 Å². The Bertz CT molecular complexity index is 686. The van der Waals surface area contributed by atoms with Gasteiger partial charge in [-0.05, 0) is 13.8 Å². The van der Waals surface area contributed by atoms with E-state index in [0.717, 1.165) is 0 Å². The van der Waals surface area contributed by atoms with Crippen molar-refractivity contribution in [2.45, 2.75) is 51.7 Å². The molecular weight excluding hydrogens is 520 g/mol. The SMILES string of the molecule is CC(O)COC(=O)CCC(=O)OCCOC(=O)OCCOC(=O)OCCOC(=O)CCC(=O)OCC(C)O. The van der Waals surface area contributed by atoms with Crippen LogP contribution in [0.3, 0.4) is 0 Å². The van der Waals surface area contributed by atoms with Gasteiger partial charge in [-0.15, -0.1) is 0 Å². The zero-order valence-electron chi connectivity index (χ0n) is 21.2. The van der Waals surface area contributed by atoms with Crippen LogP contribution in [-0.4, -0.2) is 111 Å². The topological polar surface area (TPSA) is 217 Å². The first-order valence-electron chi connectivity index (χ1n) is 11.6. The van der Waals surface area contributed by atoms with Crippen LogP contribution in [0.4, 0.5) is 9.59 Å². The molecule has 0 aliphatic heterocycles. The molecule has 0 aromatic heterocycles. The highest BCUT2D eigenvalue weighted by Crippen LogP contribution is 1.99. The highest BCUT2D eigenvalue weighted by atomic mass is 16.8. The van der Waals surface area contributed by atoms with E-state index in [9.17, 15) is 28.8 Å². The van der Waals surface area contributed by atoms with Crippen LogP contribution in [0.25, 0.3) is 0 Å². The Morgan fingerprint density at radius 3 is 0.947 bits per heavy atom. The van der Waals surface area contributed by atoms with Gasteiger partial charge in [0.2, 0.25) is 0 Å². The Hall–Kier alpha value is -3.66. The Labute approximate surface area is 218 Å². The summed E-state index contributed by atoms with van der Waals surface area (Å²) in [5.74, 6) is -2.77. The lowest BCUT2D eigenvalue weighted by atomic mass is 10.3. The molecule has 2 atom stereocenters. The molecule has 0 aromatic carbocycles. The smallest absolute Gasteiger partial charge is 0.463 e. The maximum Gasteiger partial charge on any atom is 0.508 e. The highest BCUT2D eigenvalue weighted by molar-refractivity contribution is 5.78. The number of rotatable bonds is 19. The lowest BCUT2D eigenvalue weighted by Gasteiger charge is -2.09. The van der Waals surface area contributed by atoms with Gasteiger partial charge in [0.25, 0.3) is 0 Å². The van der Waals surface area contributed by atoms with E-state index < -0.39 is 48.4 Å². The fraction of sp³-hybridized carbons (Fsp3) is 0.727. The fourth-order valence-corrected chi connectivity index (χ4v) is 2.02. The number of ether oxygens (including phenoxy) is 8. The van der Waals surface area contributed by atoms with Gasteiger partial charge < -0.3 is 48.1 Å². The Morgan fingerprint density at radius 1 is 0.447 bits per heavy atom. The zero-order chi connectivity index (χ0) is 28.8. The van der Waals surface area contributed by atoms with Crippen molar-refractivity contribution in [1.82, 2.24) is 0 Å². The molecule has 0 heterocycles. The summed E-state index contributed by atoms with van der Waals surface area (Å²) in [5, 5.41) is 18.0. The van der Waals surface area contributed by atoms with Crippen LogP contribution in [0.15, 0.2) is 0 Å². The monoisotopic (exact) mass is 554 g/mol. The van der Waals surface area contributed by atoms with Gasteiger partial charge in [0, 0.05) is 0 Å². The Morgan fingerprint density at radius 2 is 0.684 bits per heavy atom. The molecule has 0 aromatic rings. The summed E-state index contributed by atoms with van der Waals surface area (Å²) in [7, 11) is 0. The predicted octanol–water partition coefficient (Wildman–Crippen LogP) is -0.212. The molecule has 0 aliphatic carbocycles. The van der Waals surface area contributed by atoms with E-state index in [1.807, 2.05) is 0 Å². The van der Waals surface area contributed by atoms with Crippen molar-refractivity contribution in [3.63, 3.8) is 0 Å². The molecule has 2 N–H and O–H groups in total. The first-order valence-corrected chi connectivity index (χ1v) is 11.6. The molecule has 0 saturated carbocycles. The number of esters is 4. The first-order chi connectivity index (χ1) is 18.0. The third-order valence-electron chi connectivity index (χ3n) is 3.69. The number of carbonyl (C=O) groups is 6. The van der Waals surface area contributed by atoms with Gasteiger partial charge in [-0.25, -0.2) is 9.59 Å². The van der Waals surface area contributed by atoms with Crippen molar-refractivity contribution >= 4 is 36.2 Å². The van der Waals surface area contributed by atoms with Crippen LogP contribution in [0.2, 0.25) is 0 Å². The van der Waals surface area contributed by atoms with Crippen molar-refractivity contribution in [3.05, 3.63) is 0 Å². The molecule has 0 saturated heterocycles. The summed E-state index contributed by atoms with van der Waals surface area (Å²) in [6.45, 7) is 0.607. The van der Waals surface area contributed by atoms with E-state index >= 15 is 0 Å². The Kier molecular flexibility index (Phi) is 19.4. The van der Waals surface area contributed by atoms with Crippen LogP contribution >= 0.6 is 0 Å². The van der Waals surface area contributed by atoms with E-state index in [-0.39, 0.29) is 78.5 Å². The largest absolute Gasteiger partial charge is 0.508 e. The van der Waals surface area contributed by atoms with Gasteiger partial charge in [-0.1, -0.05) is 0 Å². The molecule has 0 radical (unpaired) electrons. The van der Waals surface area contributed by atoms with Gasteiger partial charge in [0.05, 0.1) is 37.9 Å². The minimum atomic E-state index is -1.11. The summed E-state index contributed by atoms with van der Waals surface area (Å²) in [4.78, 5) is 68.3. The number of aliphatic hydroxyl groups is 2. The molecule has 0 fully saturated rings. The number of hydrogen-bond donors (Lipinski definition) is 2. The molecule has 16 nitrogen and oxygen atoms in total. The molecule has 0 amide bonds. The van der Waals surface area contributed by atoms with E-state index in [2.05, 4.69) is 28.4 Å². The quantitative estimate of drug-likeness (QED) is 0.120. The maximum absolute atomic E-state index is 11.5. The molecule has 218 valence electrons. The summed E-state index contributed by atoms with van der Waals surface area (Å²) >= 11 is 0. The van der Waals surface area contributed by atoms with Crippen LogP contribution in [0, 0.1) is 0 Å².